The largest absolute Gasteiger partial charge is 0.382 e. The first kappa shape index (κ1) is 11.8. The molecule has 0 aliphatic rings. The molecule has 1 aromatic carbocycles. The maximum Gasteiger partial charge on any atom is 0.221 e. The van der Waals surface area contributed by atoms with Crippen LogP contribution in [-0.4, -0.2) is 11.8 Å². The summed E-state index contributed by atoms with van der Waals surface area (Å²) >= 11 is 5.27. The molecule has 0 aromatic heterocycles. The Balaban J connectivity index is 2.48. The molecule has 0 aliphatic carbocycles. The van der Waals surface area contributed by atoms with Crippen molar-refractivity contribution in [2.45, 2.75) is 12.8 Å². The van der Waals surface area contributed by atoms with Crippen LogP contribution in [0.25, 0.3) is 0 Å². The van der Waals surface area contributed by atoms with Crippen molar-refractivity contribution in [1.82, 2.24) is 0 Å². The number of carbonyl (C=O) groups is 1. The molecule has 3 heteroatoms. The zero-order valence-electron chi connectivity index (χ0n) is 8.50. The average molecular weight is 224 g/mol. The minimum atomic E-state index is -0.288. The highest BCUT2D eigenvalue weighted by molar-refractivity contribution is 6.63. The lowest BCUT2D eigenvalue weighted by atomic mass is 10.1. The summed E-state index contributed by atoms with van der Waals surface area (Å²) in [6, 6.07) is 7.95. The second kappa shape index (κ2) is 6.25. The van der Waals surface area contributed by atoms with Gasteiger partial charge in [-0.3, -0.25) is 4.79 Å². The summed E-state index contributed by atoms with van der Waals surface area (Å²) in [5, 5.41) is 2.89. The third kappa shape index (κ3) is 4.66. The SMILES string of the molecule is C=CCNc1ccc(CCC(=O)Cl)cc1. The van der Waals surface area contributed by atoms with Crippen LogP contribution in [0.5, 0.6) is 0 Å². The van der Waals surface area contributed by atoms with E-state index in [4.69, 9.17) is 11.6 Å². The fourth-order valence-corrected chi connectivity index (χ4v) is 1.32. The van der Waals surface area contributed by atoms with Gasteiger partial charge in [-0.15, -0.1) is 6.58 Å². The van der Waals surface area contributed by atoms with E-state index >= 15 is 0 Å². The molecule has 0 heterocycles. The third-order valence-electron chi connectivity index (χ3n) is 2.01. The van der Waals surface area contributed by atoms with Gasteiger partial charge in [0.05, 0.1) is 0 Å². The number of rotatable bonds is 6. The average Bonchev–Trinajstić information content (AvgIpc) is 2.25. The molecule has 0 fully saturated rings. The highest BCUT2D eigenvalue weighted by Crippen LogP contribution is 2.11. The van der Waals surface area contributed by atoms with Gasteiger partial charge in [-0.25, -0.2) is 0 Å². The van der Waals surface area contributed by atoms with Gasteiger partial charge in [0.15, 0.2) is 0 Å². The van der Waals surface area contributed by atoms with Gasteiger partial charge in [-0.1, -0.05) is 18.2 Å². The van der Waals surface area contributed by atoms with E-state index in [1.165, 1.54) is 0 Å². The predicted octanol–water partition coefficient (Wildman–Crippen LogP) is 2.98. The Morgan fingerprint density at radius 2 is 2.07 bits per heavy atom. The number of hydrogen-bond donors (Lipinski definition) is 1. The van der Waals surface area contributed by atoms with E-state index in [-0.39, 0.29) is 5.24 Å². The van der Waals surface area contributed by atoms with Crippen LogP contribution < -0.4 is 5.32 Å². The number of carbonyl (C=O) groups excluding carboxylic acids is 1. The van der Waals surface area contributed by atoms with Crippen LogP contribution in [0.2, 0.25) is 0 Å². The van der Waals surface area contributed by atoms with Crippen LogP contribution in [0.4, 0.5) is 5.69 Å². The molecule has 0 unspecified atom stereocenters. The van der Waals surface area contributed by atoms with Gasteiger partial charge in [0.25, 0.3) is 0 Å². The number of benzene rings is 1. The van der Waals surface area contributed by atoms with Crippen molar-refractivity contribution < 1.29 is 4.79 Å². The smallest absolute Gasteiger partial charge is 0.221 e. The number of anilines is 1. The Kier molecular flexibility index (Phi) is 4.91. The maximum atomic E-state index is 10.6. The van der Waals surface area contributed by atoms with E-state index in [0.717, 1.165) is 17.8 Å². The van der Waals surface area contributed by atoms with Crippen LogP contribution in [0.1, 0.15) is 12.0 Å². The van der Waals surface area contributed by atoms with Gasteiger partial charge in [0, 0.05) is 18.7 Å². The Bertz CT molecular complexity index is 332. The van der Waals surface area contributed by atoms with Gasteiger partial charge in [0.1, 0.15) is 0 Å². The monoisotopic (exact) mass is 223 g/mol. The quantitative estimate of drug-likeness (QED) is 0.594. The van der Waals surface area contributed by atoms with Gasteiger partial charge in [-0.05, 0) is 35.7 Å². The zero-order valence-corrected chi connectivity index (χ0v) is 9.26. The molecule has 0 bridgehead atoms. The summed E-state index contributed by atoms with van der Waals surface area (Å²) < 4.78 is 0. The molecule has 0 aliphatic heterocycles. The molecule has 0 atom stereocenters. The highest BCUT2D eigenvalue weighted by Gasteiger charge is 1.98. The lowest BCUT2D eigenvalue weighted by Crippen LogP contribution is -1.97. The Hall–Kier alpha value is -1.28. The van der Waals surface area contributed by atoms with E-state index in [2.05, 4.69) is 11.9 Å². The van der Waals surface area contributed by atoms with Crippen molar-refractivity contribution in [1.29, 1.82) is 0 Å². The molecule has 0 amide bonds. The highest BCUT2D eigenvalue weighted by atomic mass is 35.5. The number of nitrogens with one attached hydrogen (secondary N) is 1. The zero-order chi connectivity index (χ0) is 11.1. The predicted molar refractivity (Wildman–Crippen MR) is 64.3 cm³/mol. The first-order valence-electron chi connectivity index (χ1n) is 4.84. The molecule has 1 aromatic rings. The first-order chi connectivity index (χ1) is 7.22. The van der Waals surface area contributed by atoms with E-state index in [0.29, 0.717) is 12.8 Å². The first-order valence-corrected chi connectivity index (χ1v) is 5.22. The van der Waals surface area contributed by atoms with Crippen molar-refractivity contribution in [2.24, 2.45) is 0 Å². The molecular weight excluding hydrogens is 210 g/mol. The molecule has 2 nitrogen and oxygen atoms in total. The van der Waals surface area contributed by atoms with Crippen LogP contribution in [0.15, 0.2) is 36.9 Å². The fourth-order valence-electron chi connectivity index (χ4n) is 1.22. The van der Waals surface area contributed by atoms with Crippen LogP contribution >= 0.6 is 11.6 Å². The van der Waals surface area contributed by atoms with Crippen molar-refractivity contribution in [3.8, 4) is 0 Å². The van der Waals surface area contributed by atoms with Crippen molar-refractivity contribution in [3.05, 3.63) is 42.5 Å². The van der Waals surface area contributed by atoms with Crippen molar-refractivity contribution in [3.63, 3.8) is 0 Å². The van der Waals surface area contributed by atoms with E-state index in [1.54, 1.807) is 6.08 Å². The maximum absolute atomic E-state index is 10.6. The van der Waals surface area contributed by atoms with E-state index in [1.807, 2.05) is 24.3 Å². The molecule has 1 N–H and O–H groups in total. The summed E-state index contributed by atoms with van der Waals surface area (Å²) in [6.45, 7) is 4.38. The third-order valence-corrected chi connectivity index (χ3v) is 2.20. The summed E-state index contributed by atoms with van der Waals surface area (Å²) in [7, 11) is 0. The van der Waals surface area contributed by atoms with Crippen LogP contribution in [0.3, 0.4) is 0 Å². The summed E-state index contributed by atoms with van der Waals surface area (Å²) in [4.78, 5) is 10.6. The van der Waals surface area contributed by atoms with E-state index in [9.17, 15) is 4.79 Å². The van der Waals surface area contributed by atoms with Crippen molar-refractivity contribution in [2.75, 3.05) is 11.9 Å². The molecular formula is C12H14ClNO. The molecule has 80 valence electrons. The number of aryl methyl sites for hydroxylation is 1. The molecule has 1 rings (SSSR count). The van der Waals surface area contributed by atoms with E-state index < -0.39 is 0 Å². The van der Waals surface area contributed by atoms with Crippen molar-refractivity contribution >= 4 is 22.5 Å². The Labute approximate surface area is 94.9 Å². The second-order valence-electron chi connectivity index (χ2n) is 3.22. The molecule has 0 saturated heterocycles. The molecule has 15 heavy (non-hydrogen) atoms. The lowest BCUT2D eigenvalue weighted by molar-refractivity contribution is -0.111. The topological polar surface area (TPSA) is 29.1 Å². The standard InChI is InChI=1S/C12H14ClNO/c1-2-9-14-11-6-3-10(4-7-11)5-8-12(13)15/h2-4,6-7,14H,1,5,8-9H2. The molecule has 0 spiro atoms. The lowest BCUT2D eigenvalue weighted by Gasteiger charge is -2.04. The summed E-state index contributed by atoms with van der Waals surface area (Å²) in [5.41, 5.74) is 2.17. The molecule has 0 saturated carbocycles. The van der Waals surface area contributed by atoms with Gasteiger partial charge in [-0.2, -0.15) is 0 Å². The second-order valence-corrected chi connectivity index (χ2v) is 3.64. The van der Waals surface area contributed by atoms with Crippen LogP contribution in [0, 0.1) is 0 Å². The minimum absolute atomic E-state index is 0.288. The fraction of sp³-hybridized carbons (Fsp3) is 0.250. The Morgan fingerprint density at radius 3 is 2.60 bits per heavy atom. The number of halogens is 1. The minimum Gasteiger partial charge on any atom is -0.382 e. The normalized spacial score (nSPS) is 9.67. The van der Waals surface area contributed by atoms with Crippen LogP contribution in [-0.2, 0) is 11.2 Å². The van der Waals surface area contributed by atoms with Gasteiger partial charge in [0.2, 0.25) is 5.24 Å². The Morgan fingerprint density at radius 1 is 1.40 bits per heavy atom. The summed E-state index contributed by atoms with van der Waals surface area (Å²) in [6.07, 6.45) is 2.89. The van der Waals surface area contributed by atoms with Gasteiger partial charge < -0.3 is 5.32 Å². The summed E-state index contributed by atoms with van der Waals surface area (Å²) in [5.74, 6) is 0. The number of hydrogen-bond acceptors (Lipinski definition) is 2. The van der Waals surface area contributed by atoms with Gasteiger partial charge >= 0.3 is 0 Å². The molecule has 0 radical (unpaired) electrons.